The highest BCUT2D eigenvalue weighted by molar-refractivity contribution is 5.82. The number of nitrogens with one attached hydrogen (secondary N) is 1. The Balaban J connectivity index is 2.33. The van der Waals surface area contributed by atoms with E-state index in [4.69, 9.17) is 9.84 Å². The van der Waals surface area contributed by atoms with Crippen LogP contribution >= 0.6 is 0 Å². The van der Waals surface area contributed by atoms with Gasteiger partial charge in [-0.25, -0.2) is 13.6 Å². The Morgan fingerprint density at radius 1 is 1.40 bits per heavy atom. The zero-order chi connectivity index (χ0) is 11.4. The van der Waals surface area contributed by atoms with Gasteiger partial charge in [0.15, 0.2) is 6.10 Å². The molecule has 1 amide bonds. The molecule has 2 atom stereocenters. The lowest BCUT2D eigenvalue weighted by Gasteiger charge is -2.11. The molecule has 15 heavy (non-hydrogen) atoms. The minimum atomic E-state index is -2.62. The van der Waals surface area contributed by atoms with Crippen LogP contribution in [0.1, 0.15) is 12.8 Å². The summed E-state index contributed by atoms with van der Waals surface area (Å²) in [5, 5.41) is 10.5. The van der Waals surface area contributed by atoms with Gasteiger partial charge in [0.2, 0.25) is 5.91 Å². The van der Waals surface area contributed by atoms with E-state index in [1.54, 1.807) is 0 Å². The van der Waals surface area contributed by atoms with Gasteiger partial charge in [-0.15, -0.1) is 0 Å². The van der Waals surface area contributed by atoms with Gasteiger partial charge in [0.1, 0.15) is 6.10 Å². The van der Waals surface area contributed by atoms with Crippen LogP contribution in [0.4, 0.5) is 8.78 Å². The van der Waals surface area contributed by atoms with E-state index in [0.29, 0.717) is 0 Å². The van der Waals surface area contributed by atoms with Gasteiger partial charge in [0.25, 0.3) is 6.43 Å². The number of carbonyl (C=O) groups is 2. The predicted molar refractivity (Wildman–Crippen MR) is 44.5 cm³/mol. The summed E-state index contributed by atoms with van der Waals surface area (Å²) in [4.78, 5) is 21.6. The zero-order valence-electron chi connectivity index (χ0n) is 7.78. The molecule has 1 rings (SSSR count). The fourth-order valence-corrected chi connectivity index (χ4v) is 1.30. The molecule has 5 nitrogen and oxygen atoms in total. The SMILES string of the molecule is O=C(O)C1CCC(C(=O)NCC(F)F)O1. The second kappa shape index (κ2) is 5.01. The van der Waals surface area contributed by atoms with Gasteiger partial charge in [0.05, 0.1) is 6.54 Å². The number of rotatable bonds is 4. The summed E-state index contributed by atoms with van der Waals surface area (Å²) in [5.74, 6) is -1.82. The first kappa shape index (κ1) is 11.8. The molecule has 1 aliphatic heterocycles. The van der Waals surface area contributed by atoms with Gasteiger partial charge in [-0.05, 0) is 12.8 Å². The van der Waals surface area contributed by atoms with E-state index in [9.17, 15) is 18.4 Å². The van der Waals surface area contributed by atoms with E-state index in [-0.39, 0.29) is 12.8 Å². The molecule has 0 bridgehead atoms. The molecule has 0 aromatic heterocycles. The van der Waals surface area contributed by atoms with Crippen LogP contribution in [0.25, 0.3) is 0 Å². The summed E-state index contributed by atoms with van der Waals surface area (Å²) >= 11 is 0. The highest BCUT2D eigenvalue weighted by atomic mass is 19.3. The maximum Gasteiger partial charge on any atom is 0.332 e. The van der Waals surface area contributed by atoms with Crippen molar-refractivity contribution in [3.05, 3.63) is 0 Å². The van der Waals surface area contributed by atoms with Crippen LogP contribution in [0.3, 0.4) is 0 Å². The van der Waals surface area contributed by atoms with Crippen molar-refractivity contribution in [2.75, 3.05) is 6.54 Å². The highest BCUT2D eigenvalue weighted by Crippen LogP contribution is 2.19. The maximum atomic E-state index is 11.7. The monoisotopic (exact) mass is 223 g/mol. The fourth-order valence-electron chi connectivity index (χ4n) is 1.30. The van der Waals surface area contributed by atoms with E-state index in [1.807, 2.05) is 5.32 Å². The van der Waals surface area contributed by atoms with Crippen molar-refractivity contribution < 1.29 is 28.2 Å². The number of carboxylic acids is 1. The molecule has 0 spiro atoms. The van der Waals surface area contributed by atoms with Crippen LogP contribution in [0.2, 0.25) is 0 Å². The Hall–Kier alpha value is -1.24. The number of amides is 1. The summed E-state index contributed by atoms with van der Waals surface area (Å²) in [6.45, 7) is -0.740. The third-order valence-corrected chi connectivity index (χ3v) is 2.02. The number of ether oxygens (including phenoxy) is 1. The molecule has 1 heterocycles. The molecule has 1 fully saturated rings. The molecule has 1 aliphatic rings. The normalized spacial score (nSPS) is 25.5. The van der Waals surface area contributed by atoms with E-state index in [0.717, 1.165) is 0 Å². The number of halogens is 2. The largest absolute Gasteiger partial charge is 0.479 e. The number of aliphatic carboxylic acids is 1. The molecule has 2 unspecified atom stereocenters. The van der Waals surface area contributed by atoms with Gasteiger partial charge in [-0.3, -0.25) is 4.79 Å². The fraction of sp³-hybridized carbons (Fsp3) is 0.750. The molecule has 0 aliphatic carbocycles. The van der Waals surface area contributed by atoms with Crippen molar-refractivity contribution in [3.8, 4) is 0 Å². The number of hydrogen-bond acceptors (Lipinski definition) is 3. The van der Waals surface area contributed by atoms with Crippen LogP contribution in [-0.4, -0.2) is 42.2 Å². The highest BCUT2D eigenvalue weighted by Gasteiger charge is 2.34. The van der Waals surface area contributed by atoms with Gasteiger partial charge in [-0.2, -0.15) is 0 Å². The number of carbonyl (C=O) groups excluding carboxylic acids is 1. The Bertz CT molecular complexity index is 259. The van der Waals surface area contributed by atoms with Crippen LogP contribution in [0, 0.1) is 0 Å². The average Bonchev–Trinajstić information content (AvgIpc) is 2.62. The first-order valence-corrected chi connectivity index (χ1v) is 4.45. The zero-order valence-corrected chi connectivity index (χ0v) is 7.78. The summed E-state index contributed by atoms with van der Waals surface area (Å²) < 4.78 is 28.3. The predicted octanol–water partition coefficient (Wildman–Crippen LogP) is -0.0001000. The van der Waals surface area contributed by atoms with Crippen LogP contribution in [-0.2, 0) is 14.3 Å². The first-order chi connectivity index (χ1) is 7.00. The van der Waals surface area contributed by atoms with Crippen molar-refractivity contribution in [3.63, 3.8) is 0 Å². The van der Waals surface area contributed by atoms with Crippen molar-refractivity contribution >= 4 is 11.9 Å². The van der Waals surface area contributed by atoms with E-state index in [2.05, 4.69) is 0 Å². The van der Waals surface area contributed by atoms with Crippen LogP contribution < -0.4 is 5.32 Å². The molecular weight excluding hydrogens is 212 g/mol. The summed E-state index contributed by atoms with van der Waals surface area (Å²) in [5.41, 5.74) is 0. The summed E-state index contributed by atoms with van der Waals surface area (Å²) in [6.07, 6.45) is -4.09. The van der Waals surface area contributed by atoms with E-state index >= 15 is 0 Å². The molecule has 0 aromatic rings. The van der Waals surface area contributed by atoms with Crippen LogP contribution in [0.5, 0.6) is 0 Å². The Morgan fingerprint density at radius 2 is 2.00 bits per heavy atom. The average molecular weight is 223 g/mol. The Morgan fingerprint density at radius 3 is 2.47 bits per heavy atom. The molecule has 7 heteroatoms. The van der Waals surface area contributed by atoms with Gasteiger partial charge in [-0.1, -0.05) is 0 Å². The molecule has 0 aromatic carbocycles. The maximum absolute atomic E-state index is 11.7. The second-order valence-electron chi connectivity index (χ2n) is 3.17. The lowest BCUT2D eigenvalue weighted by atomic mass is 10.2. The minimum Gasteiger partial charge on any atom is -0.479 e. The van der Waals surface area contributed by atoms with Gasteiger partial charge >= 0.3 is 5.97 Å². The minimum absolute atomic E-state index is 0.224. The van der Waals surface area contributed by atoms with E-state index in [1.165, 1.54) is 0 Å². The Labute approximate surface area is 84.4 Å². The lowest BCUT2D eigenvalue weighted by molar-refractivity contribution is -0.151. The van der Waals surface area contributed by atoms with Crippen molar-refractivity contribution in [1.82, 2.24) is 5.32 Å². The van der Waals surface area contributed by atoms with E-state index < -0.39 is 37.1 Å². The van der Waals surface area contributed by atoms with Crippen molar-refractivity contribution in [1.29, 1.82) is 0 Å². The lowest BCUT2D eigenvalue weighted by Crippen LogP contribution is -2.37. The molecular formula is C8H11F2NO4. The molecule has 2 N–H and O–H groups in total. The molecule has 0 saturated carbocycles. The smallest absolute Gasteiger partial charge is 0.332 e. The third-order valence-electron chi connectivity index (χ3n) is 2.02. The van der Waals surface area contributed by atoms with Crippen molar-refractivity contribution in [2.45, 2.75) is 31.5 Å². The molecule has 0 radical (unpaired) electrons. The standard InChI is InChI=1S/C8H11F2NO4/c9-6(10)3-11-7(12)4-1-2-5(15-4)8(13)14/h4-6H,1-3H2,(H,11,12)(H,13,14). The number of carboxylic acid groups (broad SMARTS) is 1. The van der Waals surface area contributed by atoms with Crippen molar-refractivity contribution in [2.24, 2.45) is 0 Å². The topological polar surface area (TPSA) is 75.6 Å². The number of alkyl halides is 2. The number of hydrogen-bond donors (Lipinski definition) is 2. The van der Waals surface area contributed by atoms with Crippen LogP contribution in [0.15, 0.2) is 0 Å². The van der Waals surface area contributed by atoms with Gasteiger partial charge < -0.3 is 15.2 Å². The second-order valence-corrected chi connectivity index (χ2v) is 3.17. The summed E-state index contributed by atoms with van der Waals surface area (Å²) in [7, 11) is 0. The third kappa shape index (κ3) is 3.43. The molecule has 86 valence electrons. The first-order valence-electron chi connectivity index (χ1n) is 4.45. The Kier molecular flexibility index (Phi) is 3.96. The van der Waals surface area contributed by atoms with Gasteiger partial charge in [0, 0.05) is 0 Å². The summed E-state index contributed by atoms with van der Waals surface area (Å²) in [6, 6.07) is 0. The quantitative estimate of drug-likeness (QED) is 0.703. The molecule has 1 saturated heterocycles.